The average molecular weight is 292 g/mol. The van der Waals surface area contributed by atoms with Crippen molar-refractivity contribution in [2.45, 2.75) is 52.6 Å². The van der Waals surface area contributed by atoms with E-state index >= 15 is 0 Å². The van der Waals surface area contributed by atoms with Crippen LogP contribution in [-0.2, 0) is 4.79 Å². The highest BCUT2D eigenvalue weighted by molar-refractivity contribution is 5.78. The second-order valence-corrected chi connectivity index (χ2v) is 6.13. The minimum atomic E-state index is -0.200. The number of rotatable bonds is 7. The highest BCUT2D eigenvalue weighted by Gasteiger charge is 2.18. The van der Waals surface area contributed by atoms with Gasteiger partial charge in [0.25, 0.3) is 5.91 Å². The molecule has 1 aromatic rings. The van der Waals surface area contributed by atoms with Crippen LogP contribution in [0, 0.1) is 6.92 Å². The molecule has 0 aromatic heterocycles. The van der Waals surface area contributed by atoms with E-state index in [2.05, 4.69) is 23.6 Å². The molecule has 0 saturated carbocycles. The van der Waals surface area contributed by atoms with E-state index in [1.165, 1.54) is 0 Å². The van der Waals surface area contributed by atoms with Crippen molar-refractivity contribution in [2.24, 2.45) is 0 Å². The van der Waals surface area contributed by atoms with Crippen LogP contribution in [0.25, 0.3) is 0 Å². The molecule has 1 amide bonds. The lowest BCUT2D eigenvalue weighted by atomic mass is 10.0. The lowest BCUT2D eigenvalue weighted by Gasteiger charge is -2.24. The molecule has 0 bridgehead atoms. The standard InChI is InChI=1S/C17H28N2O2/c1-7-17(4,5)19-16(20)11-21-15-10-12(2)8-9-14(15)13(3)18-6/h8-10,13,18H,7,11H2,1-6H3,(H,19,20). The van der Waals surface area contributed by atoms with Crippen LogP contribution in [0.1, 0.15) is 51.3 Å². The summed E-state index contributed by atoms with van der Waals surface area (Å²) in [6.07, 6.45) is 0.880. The van der Waals surface area contributed by atoms with Crippen molar-refractivity contribution < 1.29 is 9.53 Å². The topological polar surface area (TPSA) is 50.4 Å². The van der Waals surface area contributed by atoms with Crippen LogP contribution < -0.4 is 15.4 Å². The van der Waals surface area contributed by atoms with Gasteiger partial charge in [0.1, 0.15) is 5.75 Å². The van der Waals surface area contributed by atoms with Gasteiger partial charge in [0.2, 0.25) is 0 Å². The fourth-order valence-corrected chi connectivity index (χ4v) is 1.93. The summed E-state index contributed by atoms with van der Waals surface area (Å²) in [5, 5.41) is 6.17. The van der Waals surface area contributed by atoms with E-state index in [0.717, 1.165) is 23.3 Å². The predicted octanol–water partition coefficient (Wildman–Crippen LogP) is 2.96. The molecule has 0 fully saturated rings. The van der Waals surface area contributed by atoms with Crippen molar-refractivity contribution >= 4 is 5.91 Å². The summed E-state index contributed by atoms with van der Waals surface area (Å²) in [5.74, 6) is 0.674. The molecule has 1 rings (SSSR count). The van der Waals surface area contributed by atoms with Gasteiger partial charge in [-0.25, -0.2) is 0 Å². The Morgan fingerprint density at radius 3 is 2.62 bits per heavy atom. The maximum absolute atomic E-state index is 12.0. The number of benzene rings is 1. The summed E-state index contributed by atoms with van der Waals surface area (Å²) in [6.45, 7) is 10.2. The first-order chi connectivity index (χ1) is 9.79. The summed E-state index contributed by atoms with van der Waals surface area (Å²) in [4.78, 5) is 12.0. The van der Waals surface area contributed by atoms with Crippen LogP contribution in [0.5, 0.6) is 5.75 Å². The Hall–Kier alpha value is -1.55. The Balaban J connectivity index is 2.74. The van der Waals surface area contributed by atoms with Gasteiger partial charge < -0.3 is 15.4 Å². The third kappa shape index (κ3) is 5.38. The Kier molecular flexibility index (Phi) is 6.21. The zero-order valence-electron chi connectivity index (χ0n) is 14.0. The van der Waals surface area contributed by atoms with Crippen molar-refractivity contribution in [2.75, 3.05) is 13.7 Å². The van der Waals surface area contributed by atoms with E-state index in [1.54, 1.807) is 0 Å². The van der Waals surface area contributed by atoms with Gasteiger partial charge in [0, 0.05) is 17.1 Å². The molecule has 0 aliphatic carbocycles. The van der Waals surface area contributed by atoms with E-state index in [-0.39, 0.29) is 24.1 Å². The van der Waals surface area contributed by atoms with Gasteiger partial charge in [-0.2, -0.15) is 0 Å². The Bertz CT molecular complexity index is 484. The molecule has 0 aliphatic rings. The fourth-order valence-electron chi connectivity index (χ4n) is 1.93. The summed E-state index contributed by atoms with van der Waals surface area (Å²) in [7, 11) is 1.91. The molecular weight excluding hydrogens is 264 g/mol. The number of aryl methyl sites for hydroxylation is 1. The van der Waals surface area contributed by atoms with Crippen molar-refractivity contribution in [1.29, 1.82) is 0 Å². The Morgan fingerprint density at radius 2 is 2.05 bits per heavy atom. The molecule has 4 nitrogen and oxygen atoms in total. The van der Waals surface area contributed by atoms with Crippen LogP contribution in [0.3, 0.4) is 0 Å². The quantitative estimate of drug-likeness (QED) is 0.812. The van der Waals surface area contributed by atoms with Gasteiger partial charge in [-0.05, 0) is 52.8 Å². The van der Waals surface area contributed by atoms with Crippen molar-refractivity contribution in [3.8, 4) is 5.75 Å². The molecular formula is C17H28N2O2. The third-order valence-electron chi connectivity index (χ3n) is 3.79. The molecule has 0 radical (unpaired) electrons. The van der Waals surface area contributed by atoms with Crippen LogP contribution >= 0.6 is 0 Å². The van der Waals surface area contributed by atoms with Gasteiger partial charge in [0.05, 0.1) is 0 Å². The average Bonchev–Trinajstić information content (AvgIpc) is 2.44. The number of ether oxygens (including phenoxy) is 1. The van der Waals surface area contributed by atoms with E-state index in [9.17, 15) is 4.79 Å². The summed E-state index contributed by atoms with van der Waals surface area (Å²) < 4.78 is 5.74. The minimum Gasteiger partial charge on any atom is -0.483 e. The monoisotopic (exact) mass is 292 g/mol. The van der Waals surface area contributed by atoms with Crippen LogP contribution in [0.15, 0.2) is 18.2 Å². The molecule has 0 saturated heterocycles. The zero-order valence-corrected chi connectivity index (χ0v) is 14.0. The van der Waals surface area contributed by atoms with Gasteiger partial charge in [0.15, 0.2) is 6.61 Å². The molecule has 21 heavy (non-hydrogen) atoms. The molecule has 0 spiro atoms. The van der Waals surface area contributed by atoms with E-state index in [4.69, 9.17) is 4.74 Å². The van der Waals surface area contributed by atoms with Crippen LogP contribution in [-0.4, -0.2) is 25.1 Å². The molecule has 4 heteroatoms. The first-order valence-corrected chi connectivity index (χ1v) is 7.50. The summed E-state index contributed by atoms with van der Waals surface area (Å²) in [6, 6.07) is 6.24. The predicted molar refractivity (Wildman–Crippen MR) is 86.7 cm³/mol. The SMILES string of the molecule is CCC(C)(C)NC(=O)COc1cc(C)ccc1C(C)NC. The van der Waals surface area contributed by atoms with Gasteiger partial charge in [-0.15, -0.1) is 0 Å². The molecule has 0 aliphatic heterocycles. The van der Waals surface area contributed by atoms with Crippen molar-refractivity contribution in [1.82, 2.24) is 10.6 Å². The van der Waals surface area contributed by atoms with Crippen molar-refractivity contribution in [3.63, 3.8) is 0 Å². The third-order valence-corrected chi connectivity index (χ3v) is 3.79. The molecule has 2 N–H and O–H groups in total. The number of hydrogen-bond acceptors (Lipinski definition) is 3. The Labute approximate surface area is 128 Å². The second kappa shape index (κ2) is 7.46. The second-order valence-electron chi connectivity index (χ2n) is 6.13. The molecule has 1 atom stereocenters. The first-order valence-electron chi connectivity index (χ1n) is 7.50. The number of carbonyl (C=O) groups excluding carboxylic acids is 1. The number of hydrogen-bond donors (Lipinski definition) is 2. The largest absolute Gasteiger partial charge is 0.483 e. The van der Waals surface area contributed by atoms with Crippen molar-refractivity contribution in [3.05, 3.63) is 29.3 Å². The van der Waals surface area contributed by atoms with Gasteiger partial charge >= 0.3 is 0 Å². The van der Waals surface area contributed by atoms with Crippen LogP contribution in [0.2, 0.25) is 0 Å². The highest BCUT2D eigenvalue weighted by atomic mass is 16.5. The molecule has 118 valence electrons. The zero-order chi connectivity index (χ0) is 16.0. The smallest absolute Gasteiger partial charge is 0.258 e. The maximum atomic E-state index is 12.0. The van der Waals surface area contributed by atoms with E-state index < -0.39 is 0 Å². The first kappa shape index (κ1) is 17.5. The fraction of sp³-hybridized carbons (Fsp3) is 0.588. The highest BCUT2D eigenvalue weighted by Crippen LogP contribution is 2.26. The van der Waals surface area contributed by atoms with Gasteiger partial charge in [-0.1, -0.05) is 19.1 Å². The summed E-state index contributed by atoms with van der Waals surface area (Å²) in [5.41, 5.74) is 1.98. The lowest BCUT2D eigenvalue weighted by molar-refractivity contribution is -0.124. The Morgan fingerprint density at radius 1 is 1.38 bits per heavy atom. The number of amides is 1. The number of carbonyl (C=O) groups is 1. The summed E-state index contributed by atoms with van der Waals surface area (Å²) >= 11 is 0. The maximum Gasteiger partial charge on any atom is 0.258 e. The molecule has 0 heterocycles. The lowest BCUT2D eigenvalue weighted by Crippen LogP contribution is -2.45. The minimum absolute atomic E-state index is 0.0380. The molecule has 1 unspecified atom stereocenters. The molecule has 1 aromatic carbocycles. The van der Waals surface area contributed by atoms with E-state index in [1.807, 2.05) is 46.9 Å². The van der Waals surface area contributed by atoms with E-state index in [0.29, 0.717) is 0 Å². The number of nitrogens with one attached hydrogen (secondary N) is 2. The normalized spacial score (nSPS) is 12.9. The van der Waals surface area contributed by atoms with Gasteiger partial charge in [-0.3, -0.25) is 4.79 Å². The van der Waals surface area contributed by atoms with Crippen LogP contribution in [0.4, 0.5) is 0 Å².